The summed E-state index contributed by atoms with van der Waals surface area (Å²) in [5.74, 6) is 0. The topological polar surface area (TPSA) is 53.4 Å². The SMILES string of the molecule is CN(C)Cc1ccc(S(=O)O)cn1. The molecule has 0 aromatic carbocycles. The average Bonchev–Trinajstić information content (AvgIpc) is 2.04. The van der Waals surface area contributed by atoms with Gasteiger partial charge in [0.25, 0.3) is 0 Å². The first-order valence-electron chi connectivity index (χ1n) is 3.80. The lowest BCUT2D eigenvalue weighted by molar-refractivity contribution is 0.396. The molecule has 0 aliphatic heterocycles. The third-order valence-corrected chi connectivity index (χ3v) is 2.12. The van der Waals surface area contributed by atoms with Crippen LogP contribution in [-0.2, 0) is 17.6 Å². The Kier molecular flexibility index (Phi) is 3.53. The molecule has 1 aromatic heterocycles. The van der Waals surface area contributed by atoms with E-state index in [9.17, 15) is 4.21 Å². The molecule has 1 N–H and O–H groups in total. The van der Waals surface area contributed by atoms with Crippen LogP contribution in [0.1, 0.15) is 5.69 Å². The second-order valence-corrected chi connectivity index (χ2v) is 3.94. The predicted molar refractivity (Wildman–Crippen MR) is 50.7 cm³/mol. The van der Waals surface area contributed by atoms with E-state index >= 15 is 0 Å². The first-order valence-corrected chi connectivity index (χ1v) is 4.91. The molecule has 0 fully saturated rings. The van der Waals surface area contributed by atoms with Gasteiger partial charge < -0.3 is 9.45 Å². The Balaban J connectivity index is 2.75. The third kappa shape index (κ3) is 3.22. The minimum Gasteiger partial charge on any atom is -0.304 e. The van der Waals surface area contributed by atoms with Crippen LogP contribution in [0.2, 0.25) is 0 Å². The molecule has 1 rings (SSSR count). The summed E-state index contributed by atoms with van der Waals surface area (Å²) in [5, 5.41) is 0. The van der Waals surface area contributed by atoms with Crippen molar-refractivity contribution in [1.29, 1.82) is 0 Å². The Labute approximate surface area is 79.9 Å². The molecule has 0 aliphatic rings. The molecular weight excluding hydrogens is 188 g/mol. The summed E-state index contributed by atoms with van der Waals surface area (Å²) in [6, 6.07) is 3.37. The lowest BCUT2D eigenvalue weighted by atomic mass is 10.3. The van der Waals surface area contributed by atoms with E-state index in [4.69, 9.17) is 4.55 Å². The maximum atomic E-state index is 10.6. The zero-order valence-electron chi connectivity index (χ0n) is 7.60. The maximum Gasteiger partial charge on any atom is 0.188 e. The van der Waals surface area contributed by atoms with Crippen LogP contribution in [0.25, 0.3) is 0 Å². The summed E-state index contributed by atoms with van der Waals surface area (Å²) in [6.45, 7) is 0.734. The van der Waals surface area contributed by atoms with Crippen LogP contribution < -0.4 is 0 Å². The smallest absolute Gasteiger partial charge is 0.188 e. The number of hydrogen-bond donors (Lipinski definition) is 1. The van der Waals surface area contributed by atoms with Crippen molar-refractivity contribution in [3.63, 3.8) is 0 Å². The number of rotatable bonds is 3. The van der Waals surface area contributed by atoms with Crippen molar-refractivity contribution in [3.8, 4) is 0 Å². The number of aromatic nitrogens is 1. The van der Waals surface area contributed by atoms with Gasteiger partial charge in [0, 0.05) is 12.7 Å². The average molecular weight is 200 g/mol. The van der Waals surface area contributed by atoms with Gasteiger partial charge in [-0.3, -0.25) is 4.98 Å². The summed E-state index contributed by atoms with van der Waals surface area (Å²) in [5.41, 5.74) is 0.888. The summed E-state index contributed by atoms with van der Waals surface area (Å²) in [6.07, 6.45) is 1.43. The van der Waals surface area contributed by atoms with Crippen LogP contribution in [0.5, 0.6) is 0 Å². The van der Waals surface area contributed by atoms with Gasteiger partial charge in [0.05, 0.1) is 10.6 Å². The zero-order chi connectivity index (χ0) is 9.84. The number of hydrogen-bond acceptors (Lipinski definition) is 3. The largest absolute Gasteiger partial charge is 0.304 e. The minimum atomic E-state index is -1.93. The highest BCUT2D eigenvalue weighted by atomic mass is 32.2. The lowest BCUT2D eigenvalue weighted by Gasteiger charge is -2.08. The van der Waals surface area contributed by atoms with Crippen LogP contribution in [0.15, 0.2) is 23.2 Å². The summed E-state index contributed by atoms with van der Waals surface area (Å²) < 4.78 is 19.3. The quantitative estimate of drug-likeness (QED) is 0.731. The molecule has 0 bridgehead atoms. The molecule has 1 heterocycles. The number of pyridine rings is 1. The van der Waals surface area contributed by atoms with Gasteiger partial charge in [0.1, 0.15) is 0 Å². The van der Waals surface area contributed by atoms with E-state index in [2.05, 4.69) is 4.98 Å². The summed E-state index contributed by atoms with van der Waals surface area (Å²) in [4.78, 5) is 6.37. The van der Waals surface area contributed by atoms with E-state index in [0.29, 0.717) is 4.90 Å². The fraction of sp³-hybridized carbons (Fsp3) is 0.375. The zero-order valence-corrected chi connectivity index (χ0v) is 8.41. The molecule has 13 heavy (non-hydrogen) atoms. The molecule has 1 aromatic rings. The van der Waals surface area contributed by atoms with Crippen molar-refractivity contribution in [3.05, 3.63) is 24.0 Å². The predicted octanol–water partition coefficient (Wildman–Crippen LogP) is 0.724. The normalized spacial score (nSPS) is 13.2. The van der Waals surface area contributed by atoms with Crippen molar-refractivity contribution >= 4 is 11.1 Å². The molecule has 5 heteroatoms. The molecule has 1 unspecified atom stereocenters. The fourth-order valence-corrected chi connectivity index (χ4v) is 1.26. The van der Waals surface area contributed by atoms with E-state index in [-0.39, 0.29) is 0 Å². The molecule has 0 saturated carbocycles. The van der Waals surface area contributed by atoms with Gasteiger partial charge in [-0.15, -0.1) is 0 Å². The van der Waals surface area contributed by atoms with Crippen LogP contribution in [-0.4, -0.2) is 32.7 Å². The van der Waals surface area contributed by atoms with Gasteiger partial charge in [0.15, 0.2) is 11.1 Å². The second-order valence-electron chi connectivity index (χ2n) is 2.97. The highest BCUT2D eigenvalue weighted by molar-refractivity contribution is 7.79. The van der Waals surface area contributed by atoms with Crippen molar-refractivity contribution < 1.29 is 8.76 Å². The van der Waals surface area contributed by atoms with E-state index in [1.807, 2.05) is 19.0 Å². The maximum absolute atomic E-state index is 10.6. The first kappa shape index (κ1) is 10.3. The van der Waals surface area contributed by atoms with Crippen LogP contribution >= 0.6 is 0 Å². The monoisotopic (exact) mass is 200 g/mol. The van der Waals surface area contributed by atoms with E-state index in [1.54, 1.807) is 12.1 Å². The standard InChI is InChI=1S/C8H12N2O2S/c1-10(2)6-7-3-4-8(5-9-7)13(11)12/h3-5H,6H2,1-2H3,(H,11,12). The molecular formula is C8H12N2O2S. The Morgan fingerprint density at radius 1 is 1.54 bits per heavy atom. The van der Waals surface area contributed by atoms with Gasteiger partial charge in [-0.25, -0.2) is 4.21 Å². The summed E-state index contributed by atoms with van der Waals surface area (Å²) >= 11 is -1.93. The third-order valence-electron chi connectivity index (χ3n) is 1.48. The second kappa shape index (κ2) is 4.45. The van der Waals surface area contributed by atoms with E-state index in [0.717, 1.165) is 12.2 Å². The highest BCUT2D eigenvalue weighted by Crippen LogP contribution is 2.04. The van der Waals surface area contributed by atoms with Gasteiger partial charge in [0.2, 0.25) is 0 Å². The Morgan fingerprint density at radius 2 is 2.23 bits per heavy atom. The van der Waals surface area contributed by atoms with Crippen LogP contribution in [0.4, 0.5) is 0 Å². The van der Waals surface area contributed by atoms with E-state index < -0.39 is 11.1 Å². The van der Waals surface area contributed by atoms with Crippen molar-refractivity contribution in [1.82, 2.24) is 9.88 Å². The van der Waals surface area contributed by atoms with Crippen LogP contribution in [0.3, 0.4) is 0 Å². The molecule has 0 radical (unpaired) electrons. The molecule has 0 aliphatic carbocycles. The molecule has 0 amide bonds. The van der Waals surface area contributed by atoms with E-state index in [1.165, 1.54) is 6.20 Å². The molecule has 0 spiro atoms. The first-order chi connectivity index (χ1) is 6.09. The number of nitrogens with zero attached hydrogens (tertiary/aromatic N) is 2. The summed E-state index contributed by atoms with van der Waals surface area (Å²) in [7, 11) is 3.89. The molecule has 1 atom stereocenters. The molecule has 72 valence electrons. The Hall–Kier alpha value is -0.780. The van der Waals surface area contributed by atoms with Gasteiger partial charge in [-0.05, 0) is 26.2 Å². The van der Waals surface area contributed by atoms with Crippen molar-refractivity contribution in [2.24, 2.45) is 0 Å². The van der Waals surface area contributed by atoms with Gasteiger partial charge >= 0.3 is 0 Å². The van der Waals surface area contributed by atoms with Crippen LogP contribution in [0, 0.1) is 0 Å². The van der Waals surface area contributed by atoms with Gasteiger partial charge in [-0.1, -0.05) is 0 Å². The van der Waals surface area contributed by atoms with Gasteiger partial charge in [-0.2, -0.15) is 0 Å². The Morgan fingerprint density at radius 3 is 2.62 bits per heavy atom. The fourth-order valence-electron chi connectivity index (χ4n) is 0.932. The minimum absolute atomic E-state index is 0.336. The van der Waals surface area contributed by atoms with Crippen molar-refractivity contribution in [2.75, 3.05) is 14.1 Å². The molecule has 0 saturated heterocycles. The lowest BCUT2D eigenvalue weighted by Crippen LogP contribution is -2.11. The highest BCUT2D eigenvalue weighted by Gasteiger charge is 2.01. The Bertz CT molecular complexity index is 298. The van der Waals surface area contributed by atoms with Crippen molar-refractivity contribution in [2.45, 2.75) is 11.4 Å². The molecule has 4 nitrogen and oxygen atoms in total.